The Balaban J connectivity index is 2.23. The highest BCUT2D eigenvalue weighted by atomic mass is 79.9. The van der Waals surface area contributed by atoms with Crippen LogP contribution in [0.5, 0.6) is 0 Å². The normalized spacial score (nSPS) is 10.1. The molecule has 0 bridgehead atoms. The number of amides is 2. The van der Waals surface area contributed by atoms with Crippen LogP contribution in [-0.4, -0.2) is 11.8 Å². The standard InChI is InChI=1S/C15H14BrN3O2/c16-12-3-1-2-9(4-12)8-19-13-6-10(14(17)20)5-11(7-13)15(18)21/h1-7,19H,8H2,(H2,17,20)(H2,18,21). The van der Waals surface area contributed by atoms with Crippen LogP contribution in [0.15, 0.2) is 46.9 Å². The van der Waals surface area contributed by atoms with Crippen LogP contribution in [0.2, 0.25) is 0 Å². The van der Waals surface area contributed by atoms with Crippen molar-refractivity contribution in [3.63, 3.8) is 0 Å². The number of carbonyl (C=O) groups is 2. The Hall–Kier alpha value is -2.34. The van der Waals surface area contributed by atoms with Gasteiger partial charge in [0.25, 0.3) is 0 Å². The number of rotatable bonds is 5. The van der Waals surface area contributed by atoms with Crippen molar-refractivity contribution in [2.45, 2.75) is 6.54 Å². The minimum Gasteiger partial charge on any atom is -0.381 e. The number of primary amides is 2. The summed E-state index contributed by atoms with van der Waals surface area (Å²) in [6, 6.07) is 12.4. The fraction of sp³-hybridized carbons (Fsp3) is 0.0667. The third-order valence-corrected chi connectivity index (χ3v) is 3.38. The number of benzene rings is 2. The summed E-state index contributed by atoms with van der Waals surface area (Å²) in [7, 11) is 0. The van der Waals surface area contributed by atoms with Crippen LogP contribution in [0.1, 0.15) is 26.3 Å². The van der Waals surface area contributed by atoms with E-state index in [0.29, 0.717) is 12.2 Å². The van der Waals surface area contributed by atoms with Gasteiger partial charge in [-0.05, 0) is 35.9 Å². The molecule has 0 atom stereocenters. The molecule has 2 rings (SSSR count). The van der Waals surface area contributed by atoms with Crippen LogP contribution in [0.25, 0.3) is 0 Å². The zero-order valence-corrected chi connectivity index (χ0v) is 12.7. The van der Waals surface area contributed by atoms with Gasteiger partial charge in [-0.1, -0.05) is 28.1 Å². The van der Waals surface area contributed by atoms with Crippen LogP contribution in [-0.2, 0) is 6.54 Å². The lowest BCUT2D eigenvalue weighted by Crippen LogP contribution is -2.16. The zero-order chi connectivity index (χ0) is 15.4. The van der Waals surface area contributed by atoms with E-state index in [4.69, 9.17) is 11.5 Å². The van der Waals surface area contributed by atoms with E-state index in [9.17, 15) is 9.59 Å². The van der Waals surface area contributed by atoms with Crippen molar-refractivity contribution >= 4 is 33.4 Å². The van der Waals surface area contributed by atoms with Gasteiger partial charge in [-0.15, -0.1) is 0 Å². The van der Waals surface area contributed by atoms with Crippen LogP contribution in [0.3, 0.4) is 0 Å². The Morgan fingerprint density at radius 2 is 1.62 bits per heavy atom. The van der Waals surface area contributed by atoms with Crippen molar-refractivity contribution in [1.82, 2.24) is 0 Å². The molecule has 0 unspecified atom stereocenters. The first-order chi connectivity index (χ1) is 9.95. The summed E-state index contributed by atoms with van der Waals surface area (Å²) in [5.74, 6) is -1.22. The minimum absolute atomic E-state index is 0.239. The quantitative estimate of drug-likeness (QED) is 0.773. The van der Waals surface area contributed by atoms with E-state index in [2.05, 4.69) is 21.2 Å². The smallest absolute Gasteiger partial charge is 0.248 e. The van der Waals surface area contributed by atoms with E-state index in [1.165, 1.54) is 6.07 Å². The van der Waals surface area contributed by atoms with Gasteiger partial charge in [0.15, 0.2) is 0 Å². The van der Waals surface area contributed by atoms with Crippen molar-refractivity contribution in [3.8, 4) is 0 Å². The summed E-state index contributed by atoms with van der Waals surface area (Å²) in [4.78, 5) is 22.6. The lowest BCUT2D eigenvalue weighted by molar-refractivity contribution is 0.0999. The largest absolute Gasteiger partial charge is 0.381 e. The highest BCUT2D eigenvalue weighted by molar-refractivity contribution is 9.10. The molecule has 0 fully saturated rings. The fourth-order valence-corrected chi connectivity index (χ4v) is 2.31. The molecule has 108 valence electrons. The summed E-state index contributed by atoms with van der Waals surface area (Å²) in [5.41, 5.74) is 12.6. The van der Waals surface area contributed by atoms with Gasteiger partial charge in [-0.25, -0.2) is 0 Å². The topological polar surface area (TPSA) is 98.2 Å². The molecule has 0 radical (unpaired) electrons. The predicted molar refractivity (Wildman–Crippen MR) is 84.9 cm³/mol. The average Bonchev–Trinajstić information content (AvgIpc) is 2.45. The van der Waals surface area contributed by atoms with Crippen LogP contribution < -0.4 is 16.8 Å². The van der Waals surface area contributed by atoms with E-state index in [1.807, 2.05) is 24.3 Å². The SMILES string of the molecule is NC(=O)c1cc(NCc2cccc(Br)c2)cc(C(N)=O)c1. The minimum atomic E-state index is -0.608. The van der Waals surface area contributed by atoms with E-state index in [-0.39, 0.29) is 11.1 Å². The van der Waals surface area contributed by atoms with Crippen molar-refractivity contribution in [2.24, 2.45) is 11.5 Å². The average molecular weight is 348 g/mol. The molecule has 2 amide bonds. The Morgan fingerprint density at radius 1 is 1.00 bits per heavy atom. The number of carbonyl (C=O) groups excluding carboxylic acids is 2. The van der Waals surface area contributed by atoms with Gasteiger partial charge in [0.05, 0.1) is 0 Å². The monoisotopic (exact) mass is 347 g/mol. The summed E-state index contributed by atoms with van der Waals surface area (Å²) >= 11 is 3.40. The Labute approximate surface area is 130 Å². The molecule has 2 aromatic carbocycles. The first-order valence-electron chi connectivity index (χ1n) is 6.19. The number of anilines is 1. The second-order valence-electron chi connectivity index (χ2n) is 4.51. The van der Waals surface area contributed by atoms with E-state index in [1.54, 1.807) is 12.1 Å². The predicted octanol–water partition coefficient (Wildman–Crippen LogP) is 2.26. The highest BCUT2D eigenvalue weighted by Gasteiger charge is 2.09. The molecule has 5 nitrogen and oxygen atoms in total. The maximum atomic E-state index is 11.3. The summed E-state index contributed by atoms with van der Waals surface area (Å²) < 4.78 is 0.977. The molecular formula is C15H14BrN3O2. The molecule has 0 aliphatic rings. The van der Waals surface area contributed by atoms with Crippen LogP contribution in [0.4, 0.5) is 5.69 Å². The van der Waals surface area contributed by atoms with Crippen molar-refractivity contribution < 1.29 is 9.59 Å². The molecule has 0 saturated heterocycles. The van der Waals surface area contributed by atoms with E-state index < -0.39 is 11.8 Å². The summed E-state index contributed by atoms with van der Waals surface area (Å²) in [5, 5.41) is 3.14. The second kappa shape index (κ2) is 6.41. The molecule has 2 aromatic rings. The highest BCUT2D eigenvalue weighted by Crippen LogP contribution is 2.17. The van der Waals surface area contributed by atoms with Gasteiger partial charge in [0.1, 0.15) is 0 Å². The van der Waals surface area contributed by atoms with Crippen molar-refractivity contribution in [3.05, 3.63) is 63.6 Å². The third-order valence-electron chi connectivity index (χ3n) is 2.89. The number of nitrogens with one attached hydrogen (secondary N) is 1. The van der Waals surface area contributed by atoms with Gasteiger partial charge in [-0.3, -0.25) is 9.59 Å². The first-order valence-corrected chi connectivity index (χ1v) is 6.98. The molecular weight excluding hydrogens is 334 g/mol. The van der Waals surface area contributed by atoms with Gasteiger partial charge in [-0.2, -0.15) is 0 Å². The van der Waals surface area contributed by atoms with E-state index >= 15 is 0 Å². The molecule has 5 N–H and O–H groups in total. The van der Waals surface area contributed by atoms with Gasteiger partial charge < -0.3 is 16.8 Å². The summed E-state index contributed by atoms with van der Waals surface area (Å²) in [6.45, 7) is 0.542. The summed E-state index contributed by atoms with van der Waals surface area (Å²) in [6.07, 6.45) is 0. The molecule has 0 saturated carbocycles. The molecule has 0 aliphatic heterocycles. The lowest BCUT2D eigenvalue weighted by atomic mass is 10.1. The molecule has 0 aliphatic carbocycles. The van der Waals surface area contributed by atoms with Gasteiger partial charge in [0, 0.05) is 27.8 Å². The first kappa shape index (κ1) is 15.1. The maximum absolute atomic E-state index is 11.3. The number of nitrogens with two attached hydrogens (primary N) is 2. The number of halogens is 1. The zero-order valence-electron chi connectivity index (χ0n) is 11.1. The molecule has 6 heteroatoms. The van der Waals surface area contributed by atoms with Crippen molar-refractivity contribution in [1.29, 1.82) is 0 Å². The Kier molecular flexibility index (Phi) is 4.59. The molecule has 0 spiro atoms. The number of hydrogen-bond donors (Lipinski definition) is 3. The fourth-order valence-electron chi connectivity index (χ4n) is 1.87. The Bertz CT molecular complexity index is 669. The van der Waals surface area contributed by atoms with Crippen LogP contribution in [0, 0.1) is 0 Å². The van der Waals surface area contributed by atoms with E-state index in [0.717, 1.165) is 10.0 Å². The maximum Gasteiger partial charge on any atom is 0.248 e. The molecule has 0 heterocycles. The second-order valence-corrected chi connectivity index (χ2v) is 5.43. The van der Waals surface area contributed by atoms with Gasteiger partial charge >= 0.3 is 0 Å². The third kappa shape index (κ3) is 4.06. The van der Waals surface area contributed by atoms with Gasteiger partial charge in [0.2, 0.25) is 11.8 Å². The molecule has 0 aromatic heterocycles. The van der Waals surface area contributed by atoms with Crippen molar-refractivity contribution in [2.75, 3.05) is 5.32 Å². The van der Waals surface area contributed by atoms with Crippen LogP contribution >= 0.6 is 15.9 Å². The number of hydrogen-bond acceptors (Lipinski definition) is 3. The lowest BCUT2D eigenvalue weighted by Gasteiger charge is -2.10. The Morgan fingerprint density at radius 3 is 2.14 bits per heavy atom. The molecule has 21 heavy (non-hydrogen) atoms.